The summed E-state index contributed by atoms with van der Waals surface area (Å²) in [5.74, 6) is 0.867. The fourth-order valence-corrected chi connectivity index (χ4v) is 2.02. The molecule has 0 saturated carbocycles. The van der Waals surface area contributed by atoms with E-state index >= 15 is 0 Å². The summed E-state index contributed by atoms with van der Waals surface area (Å²) in [5, 5.41) is 0. The van der Waals surface area contributed by atoms with Gasteiger partial charge in [-0.15, -0.1) is 6.58 Å². The molecule has 0 aromatic heterocycles. The highest BCUT2D eigenvalue weighted by Crippen LogP contribution is 2.28. The summed E-state index contributed by atoms with van der Waals surface area (Å²) in [6.45, 7) is 8.01. The van der Waals surface area contributed by atoms with Crippen LogP contribution in [-0.2, 0) is 6.42 Å². The minimum atomic E-state index is 0.523. The van der Waals surface area contributed by atoms with Crippen LogP contribution in [0, 0.1) is 0 Å². The molecule has 2 aromatic rings. The Morgan fingerprint density at radius 3 is 2.42 bits per heavy atom. The van der Waals surface area contributed by atoms with E-state index in [2.05, 4.69) is 37.4 Å². The predicted molar refractivity (Wildman–Crippen MR) is 81.5 cm³/mol. The van der Waals surface area contributed by atoms with E-state index < -0.39 is 0 Å². The zero-order chi connectivity index (χ0) is 13.5. The van der Waals surface area contributed by atoms with Crippen molar-refractivity contribution < 1.29 is 4.74 Å². The van der Waals surface area contributed by atoms with E-state index in [1.807, 2.05) is 30.3 Å². The first-order valence-electron chi connectivity index (χ1n) is 6.38. The van der Waals surface area contributed by atoms with Gasteiger partial charge in [-0.25, -0.2) is 0 Å². The zero-order valence-corrected chi connectivity index (χ0v) is 11.0. The Bertz CT molecular complexity index is 555. The minimum absolute atomic E-state index is 0.523. The van der Waals surface area contributed by atoms with E-state index in [0.29, 0.717) is 6.61 Å². The summed E-state index contributed by atoms with van der Waals surface area (Å²) in [6, 6.07) is 16.5. The first-order valence-corrected chi connectivity index (χ1v) is 6.38. The number of benzene rings is 2. The van der Waals surface area contributed by atoms with Gasteiger partial charge in [0.1, 0.15) is 12.4 Å². The Kier molecular flexibility index (Phi) is 4.57. The van der Waals surface area contributed by atoms with Crippen molar-refractivity contribution in [3.8, 4) is 16.9 Å². The second kappa shape index (κ2) is 6.60. The third-order valence-electron chi connectivity index (χ3n) is 2.90. The molecule has 0 N–H and O–H groups in total. The summed E-state index contributed by atoms with van der Waals surface area (Å²) in [5.41, 5.74) is 3.65. The molecule has 1 nitrogen and oxygen atoms in total. The van der Waals surface area contributed by atoms with Crippen molar-refractivity contribution in [3.63, 3.8) is 0 Å². The molecule has 0 saturated heterocycles. The molecule has 0 unspecified atom stereocenters. The van der Waals surface area contributed by atoms with Crippen LogP contribution in [0.15, 0.2) is 73.8 Å². The van der Waals surface area contributed by atoms with Gasteiger partial charge in [-0.3, -0.25) is 0 Å². The molecule has 0 bridgehead atoms. The van der Waals surface area contributed by atoms with Crippen molar-refractivity contribution in [3.05, 3.63) is 79.4 Å². The van der Waals surface area contributed by atoms with E-state index in [1.165, 1.54) is 16.7 Å². The van der Waals surface area contributed by atoms with Crippen LogP contribution in [0.25, 0.3) is 11.1 Å². The molecule has 0 amide bonds. The predicted octanol–water partition coefficient (Wildman–Crippen LogP) is 4.65. The van der Waals surface area contributed by atoms with Gasteiger partial charge in [0, 0.05) is 0 Å². The molecule has 0 radical (unpaired) electrons. The Balaban J connectivity index is 2.41. The minimum Gasteiger partial charge on any atom is -0.490 e. The van der Waals surface area contributed by atoms with Crippen molar-refractivity contribution in [2.24, 2.45) is 0 Å². The van der Waals surface area contributed by atoms with Gasteiger partial charge >= 0.3 is 0 Å². The average Bonchev–Trinajstić information content (AvgIpc) is 2.47. The average molecular weight is 250 g/mol. The number of hydrogen-bond acceptors (Lipinski definition) is 1. The van der Waals surface area contributed by atoms with Gasteiger partial charge < -0.3 is 4.74 Å². The van der Waals surface area contributed by atoms with Crippen LogP contribution in [0.5, 0.6) is 5.75 Å². The molecule has 2 rings (SSSR count). The standard InChI is InChI=1S/C18H18O/c1-3-8-15-11-12-17(19-13-4-2)14-18(15)16-9-6-5-7-10-16/h3-7,9-12,14H,1-2,8,13H2. The molecule has 0 fully saturated rings. The summed E-state index contributed by atoms with van der Waals surface area (Å²) < 4.78 is 5.61. The number of allylic oxidation sites excluding steroid dienone is 1. The Hall–Kier alpha value is -2.28. The maximum Gasteiger partial charge on any atom is 0.120 e. The van der Waals surface area contributed by atoms with Gasteiger partial charge in [-0.1, -0.05) is 55.1 Å². The van der Waals surface area contributed by atoms with E-state index in [9.17, 15) is 0 Å². The van der Waals surface area contributed by atoms with Crippen LogP contribution >= 0.6 is 0 Å². The van der Waals surface area contributed by atoms with E-state index in [4.69, 9.17) is 4.74 Å². The Morgan fingerprint density at radius 2 is 1.74 bits per heavy atom. The fourth-order valence-electron chi connectivity index (χ4n) is 2.02. The highest BCUT2D eigenvalue weighted by Gasteiger charge is 2.05. The van der Waals surface area contributed by atoms with Crippen molar-refractivity contribution in [1.82, 2.24) is 0 Å². The normalized spacial score (nSPS) is 9.89. The molecule has 96 valence electrons. The maximum absolute atomic E-state index is 5.61. The molecular formula is C18H18O. The van der Waals surface area contributed by atoms with Crippen molar-refractivity contribution in [1.29, 1.82) is 0 Å². The van der Waals surface area contributed by atoms with Crippen molar-refractivity contribution >= 4 is 0 Å². The summed E-state index contributed by atoms with van der Waals surface area (Å²) >= 11 is 0. The highest BCUT2D eigenvalue weighted by atomic mass is 16.5. The van der Waals surface area contributed by atoms with Gasteiger partial charge in [0.05, 0.1) is 0 Å². The molecule has 0 aliphatic rings. The van der Waals surface area contributed by atoms with Crippen LogP contribution in [-0.4, -0.2) is 6.61 Å². The Morgan fingerprint density at radius 1 is 0.947 bits per heavy atom. The largest absolute Gasteiger partial charge is 0.490 e. The molecule has 0 atom stereocenters. The van der Waals surface area contributed by atoms with E-state index in [-0.39, 0.29) is 0 Å². The van der Waals surface area contributed by atoms with Crippen LogP contribution in [0.2, 0.25) is 0 Å². The van der Waals surface area contributed by atoms with Crippen LogP contribution in [0.1, 0.15) is 5.56 Å². The van der Waals surface area contributed by atoms with Gasteiger partial charge in [-0.2, -0.15) is 0 Å². The lowest BCUT2D eigenvalue weighted by atomic mass is 9.97. The zero-order valence-electron chi connectivity index (χ0n) is 11.0. The third-order valence-corrected chi connectivity index (χ3v) is 2.90. The van der Waals surface area contributed by atoms with E-state index in [1.54, 1.807) is 6.08 Å². The monoisotopic (exact) mass is 250 g/mol. The lowest BCUT2D eigenvalue weighted by Gasteiger charge is -2.11. The van der Waals surface area contributed by atoms with Crippen LogP contribution < -0.4 is 4.74 Å². The third kappa shape index (κ3) is 3.35. The first kappa shape index (κ1) is 13.2. The van der Waals surface area contributed by atoms with Gasteiger partial charge in [0.15, 0.2) is 0 Å². The number of rotatable bonds is 6. The molecule has 0 aliphatic heterocycles. The Labute approximate surface area is 114 Å². The van der Waals surface area contributed by atoms with Gasteiger partial charge in [0.25, 0.3) is 0 Å². The quantitative estimate of drug-likeness (QED) is 0.678. The van der Waals surface area contributed by atoms with Crippen molar-refractivity contribution in [2.75, 3.05) is 6.61 Å². The second-order valence-corrected chi connectivity index (χ2v) is 4.28. The summed E-state index contributed by atoms with van der Waals surface area (Å²) in [4.78, 5) is 0. The summed E-state index contributed by atoms with van der Waals surface area (Å²) in [6.07, 6.45) is 4.53. The van der Waals surface area contributed by atoms with Gasteiger partial charge in [-0.05, 0) is 35.2 Å². The fraction of sp³-hybridized carbons (Fsp3) is 0.111. The second-order valence-electron chi connectivity index (χ2n) is 4.28. The highest BCUT2D eigenvalue weighted by molar-refractivity contribution is 5.69. The molecule has 0 aliphatic carbocycles. The van der Waals surface area contributed by atoms with Crippen LogP contribution in [0.3, 0.4) is 0 Å². The number of ether oxygens (including phenoxy) is 1. The lowest BCUT2D eigenvalue weighted by molar-refractivity contribution is 0.363. The molecule has 0 heterocycles. The van der Waals surface area contributed by atoms with Crippen LogP contribution in [0.4, 0.5) is 0 Å². The molecule has 2 aromatic carbocycles. The smallest absolute Gasteiger partial charge is 0.120 e. The lowest BCUT2D eigenvalue weighted by Crippen LogP contribution is -1.95. The van der Waals surface area contributed by atoms with E-state index in [0.717, 1.165) is 12.2 Å². The SMILES string of the molecule is C=CCOc1ccc(CC=C)c(-c2ccccc2)c1. The maximum atomic E-state index is 5.61. The van der Waals surface area contributed by atoms with Gasteiger partial charge in [0.2, 0.25) is 0 Å². The molecule has 1 heteroatoms. The molecule has 19 heavy (non-hydrogen) atoms. The molecule has 0 spiro atoms. The first-order chi connectivity index (χ1) is 9.35. The topological polar surface area (TPSA) is 9.23 Å². The molecular weight excluding hydrogens is 232 g/mol. The van der Waals surface area contributed by atoms with Crippen molar-refractivity contribution in [2.45, 2.75) is 6.42 Å². The number of hydrogen-bond donors (Lipinski definition) is 0. The summed E-state index contributed by atoms with van der Waals surface area (Å²) in [7, 11) is 0.